The van der Waals surface area contributed by atoms with Crippen LogP contribution < -0.4 is 0 Å². The number of ether oxygens (including phenoxy) is 1. The van der Waals surface area contributed by atoms with Gasteiger partial charge in [-0.15, -0.1) is 0 Å². The second-order valence-electron chi connectivity index (χ2n) is 5.33. The van der Waals surface area contributed by atoms with Gasteiger partial charge in [0.25, 0.3) is 0 Å². The Bertz CT molecular complexity index is 595. The number of aldehydes is 1. The highest BCUT2D eigenvalue weighted by Crippen LogP contribution is 2.26. The maximum atomic E-state index is 11.2. The van der Waals surface area contributed by atoms with Crippen LogP contribution in [0.15, 0.2) is 30.5 Å². The van der Waals surface area contributed by atoms with Crippen molar-refractivity contribution in [3.63, 3.8) is 0 Å². The van der Waals surface area contributed by atoms with E-state index in [2.05, 4.69) is 36.3 Å². The van der Waals surface area contributed by atoms with Gasteiger partial charge in [0.1, 0.15) is 0 Å². The van der Waals surface area contributed by atoms with E-state index >= 15 is 0 Å². The predicted molar refractivity (Wildman–Crippen MR) is 76.1 cm³/mol. The molecule has 1 aromatic heterocycles. The summed E-state index contributed by atoms with van der Waals surface area (Å²) in [6, 6.07) is 8.36. The van der Waals surface area contributed by atoms with E-state index < -0.39 is 0 Å². The lowest BCUT2D eigenvalue weighted by atomic mass is 10.0. The van der Waals surface area contributed by atoms with Gasteiger partial charge in [-0.05, 0) is 18.9 Å². The third-order valence-corrected chi connectivity index (χ3v) is 3.73. The molecule has 4 heteroatoms. The molecule has 3 rings (SSSR count). The first-order chi connectivity index (χ1) is 9.76. The molecule has 1 aliphatic rings. The number of rotatable bonds is 4. The quantitative estimate of drug-likeness (QED) is 0.802. The lowest BCUT2D eigenvalue weighted by Gasteiger charge is -2.05. The summed E-state index contributed by atoms with van der Waals surface area (Å²) in [4.78, 5) is 11.2. The molecule has 0 spiro atoms. The molecule has 1 aromatic carbocycles. The lowest BCUT2D eigenvalue weighted by Crippen LogP contribution is -2.04. The Balaban J connectivity index is 1.83. The number of carbonyl (C=O) groups excluding carboxylic acids is 1. The Morgan fingerprint density at radius 1 is 1.40 bits per heavy atom. The number of aryl methyl sites for hydroxylation is 1. The second kappa shape index (κ2) is 5.59. The fourth-order valence-electron chi connectivity index (χ4n) is 2.57. The summed E-state index contributed by atoms with van der Waals surface area (Å²) in [6.45, 7) is 4.19. The van der Waals surface area contributed by atoms with Crippen molar-refractivity contribution in [1.82, 2.24) is 9.78 Å². The maximum Gasteiger partial charge on any atom is 0.153 e. The van der Waals surface area contributed by atoms with Crippen molar-refractivity contribution in [3.8, 4) is 0 Å². The van der Waals surface area contributed by atoms with Crippen molar-refractivity contribution in [2.75, 3.05) is 13.2 Å². The summed E-state index contributed by atoms with van der Waals surface area (Å²) in [5.74, 6) is 0.259. The third-order valence-electron chi connectivity index (χ3n) is 3.73. The molecule has 0 radical (unpaired) electrons. The highest BCUT2D eigenvalue weighted by molar-refractivity contribution is 5.76. The van der Waals surface area contributed by atoms with E-state index in [-0.39, 0.29) is 5.92 Å². The van der Waals surface area contributed by atoms with Crippen molar-refractivity contribution in [2.24, 2.45) is 0 Å². The van der Waals surface area contributed by atoms with Crippen molar-refractivity contribution in [2.45, 2.75) is 25.8 Å². The van der Waals surface area contributed by atoms with Gasteiger partial charge in [-0.3, -0.25) is 9.48 Å². The number of hydrogen-bond acceptors (Lipinski definition) is 3. The predicted octanol–water partition coefficient (Wildman–Crippen LogP) is 2.56. The molecule has 0 N–H and O–H groups in total. The normalized spacial score (nSPS) is 18.4. The summed E-state index contributed by atoms with van der Waals surface area (Å²) in [5, 5.41) is 4.59. The van der Waals surface area contributed by atoms with Crippen molar-refractivity contribution in [1.29, 1.82) is 0 Å². The van der Waals surface area contributed by atoms with Gasteiger partial charge in [-0.1, -0.05) is 29.8 Å². The minimum Gasteiger partial charge on any atom is -0.381 e. The Kier molecular flexibility index (Phi) is 3.65. The molecule has 104 valence electrons. The molecule has 1 saturated heterocycles. The van der Waals surface area contributed by atoms with Gasteiger partial charge in [0.2, 0.25) is 0 Å². The highest BCUT2D eigenvalue weighted by Gasteiger charge is 2.23. The number of benzene rings is 1. The number of hydrogen-bond donors (Lipinski definition) is 0. The van der Waals surface area contributed by atoms with E-state index in [9.17, 15) is 4.79 Å². The largest absolute Gasteiger partial charge is 0.381 e. The second-order valence-corrected chi connectivity index (χ2v) is 5.33. The molecule has 0 amide bonds. The summed E-state index contributed by atoms with van der Waals surface area (Å²) < 4.78 is 7.24. The van der Waals surface area contributed by atoms with Crippen LogP contribution in [0.5, 0.6) is 0 Å². The van der Waals surface area contributed by atoms with Crippen LogP contribution in [0.4, 0.5) is 0 Å². The van der Waals surface area contributed by atoms with Crippen molar-refractivity contribution < 1.29 is 9.53 Å². The Morgan fingerprint density at radius 3 is 2.85 bits per heavy atom. The van der Waals surface area contributed by atoms with Crippen molar-refractivity contribution >= 4 is 6.29 Å². The number of nitrogens with zero attached hydrogens (tertiary/aromatic N) is 2. The standard InChI is InChI=1S/C16H18N2O2/c1-12-2-4-13(5-3-12)8-18-9-15(10-19)16(17-18)14-6-7-20-11-14/h2-5,9-10,14H,6-8,11H2,1H3. The molecule has 1 atom stereocenters. The minimum atomic E-state index is 0.259. The molecule has 1 aliphatic heterocycles. The zero-order valence-electron chi connectivity index (χ0n) is 11.6. The van der Waals surface area contributed by atoms with Gasteiger partial charge >= 0.3 is 0 Å². The minimum absolute atomic E-state index is 0.259. The third kappa shape index (κ3) is 2.65. The Hall–Kier alpha value is -1.94. The van der Waals surface area contributed by atoms with Crippen LogP contribution in [0.2, 0.25) is 0 Å². The SMILES string of the molecule is Cc1ccc(Cn2cc(C=O)c(C3CCOC3)n2)cc1. The molecule has 1 unspecified atom stereocenters. The first-order valence-electron chi connectivity index (χ1n) is 6.92. The zero-order chi connectivity index (χ0) is 13.9. The number of carbonyl (C=O) groups is 1. The summed E-state index contributed by atoms with van der Waals surface area (Å²) in [5.41, 5.74) is 3.99. The molecule has 20 heavy (non-hydrogen) atoms. The zero-order valence-corrected chi connectivity index (χ0v) is 11.6. The fourth-order valence-corrected chi connectivity index (χ4v) is 2.57. The molecule has 0 saturated carbocycles. The van der Waals surface area contributed by atoms with Crippen LogP contribution in [-0.2, 0) is 11.3 Å². The molecule has 2 aromatic rings. The maximum absolute atomic E-state index is 11.2. The molecule has 0 aliphatic carbocycles. The van der Waals surface area contributed by atoms with Gasteiger partial charge in [0, 0.05) is 18.7 Å². The molecular weight excluding hydrogens is 252 g/mol. The van der Waals surface area contributed by atoms with Gasteiger partial charge in [0.05, 0.1) is 24.4 Å². The van der Waals surface area contributed by atoms with E-state index in [1.165, 1.54) is 11.1 Å². The topological polar surface area (TPSA) is 44.1 Å². The fraction of sp³-hybridized carbons (Fsp3) is 0.375. The van der Waals surface area contributed by atoms with Crippen molar-refractivity contribution in [3.05, 3.63) is 52.8 Å². The molecular formula is C16H18N2O2. The van der Waals surface area contributed by atoms with Crippen LogP contribution in [0.25, 0.3) is 0 Å². The van der Waals surface area contributed by atoms with Crippen LogP contribution in [0.1, 0.15) is 39.5 Å². The van der Waals surface area contributed by atoms with Gasteiger partial charge < -0.3 is 4.74 Å². The van der Waals surface area contributed by atoms with Gasteiger partial charge in [-0.2, -0.15) is 5.10 Å². The first-order valence-corrected chi connectivity index (χ1v) is 6.92. The number of aromatic nitrogens is 2. The smallest absolute Gasteiger partial charge is 0.153 e. The van der Waals surface area contributed by atoms with E-state index in [0.29, 0.717) is 18.7 Å². The Labute approximate surface area is 118 Å². The summed E-state index contributed by atoms with van der Waals surface area (Å²) in [6.07, 6.45) is 3.68. The lowest BCUT2D eigenvalue weighted by molar-refractivity contribution is 0.112. The van der Waals surface area contributed by atoms with E-state index in [1.807, 2.05) is 10.9 Å². The average molecular weight is 270 g/mol. The van der Waals surface area contributed by atoms with Gasteiger partial charge in [-0.25, -0.2) is 0 Å². The molecule has 0 bridgehead atoms. The van der Waals surface area contributed by atoms with Crippen LogP contribution in [0, 0.1) is 6.92 Å². The van der Waals surface area contributed by atoms with Crippen LogP contribution >= 0.6 is 0 Å². The van der Waals surface area contributed by atoms with Gasteiger partial charge in [0.15, 0.2) is 6.29 Å². The highest BCUT2D eigenvalue weighted by atomic mass is 16.5. The van der Waals surface area contributed by atoms with Crippen LogP contribution in [-0.4, -0.2) is 29.3 Å². The Morgan fingerprint density at radius 2 is 2.20 bits per heavy atom. The molecule has 4 nitrogen and oxygen atoms in total. The van der Waals surface area contributed by atoms with Crippen LogP contribution in [0.3, 0.4) is 0 Å². The van der Waals surface area contributed by atoms with E-state index in [0.717, 1.165) is 25.0 Å². The monoisotopic (exact) mass is 270 g/mol. The molecule has 2 heterocycles. The summed E-state index contributed by atoms with van der Waals surface area (Å²) in [7, 11) is 0. The summed E-state index contributed by atoms with van der Waals surface area (Å²) >= 11 is 0. The average Bonchev–Trinajstić information content (AvgIpc) is 3.10. The molecule has 1 fully saturated rings. The van der Waals surface area contributed by atoms with E-state index in [1.54, 1.807) is 0 Å². The van der Waals surface area contributed by atoms with E-state index in [4.69, 9.17) is 4.74 Å². The first kappa shape index (κ1) is 13.1.